The average Bonchev–Trinajstić information content (AvgIpc) is 2.80. The molecule has 0 fully saturated rings. The number of aryl methyl sites for hydroxylation is 1. The molecular formula is C11H10F3N5O. The molecule has 20 heavy (non-hydrogen) atoms. The van der Waals surface area contributed by atoms with Crippen LogP contribution in [0.15, 0.2) is 24.4 Å². The number of nitrogen functional groups attached to an aromatic ring is 1. The summed E-state index contributed by atoms with van der Waals surface area (Å²) >= 11 is 0. The third kappa shape index (κ3) is 2.62. The van der Waals surface area contributed by atoms with Crippen LogP contribution in [0.2, 0.25) is 0 Å². The lowest BCUT2D eigenvalue weighted by atomic mass is 10.2. The molecule has 2 rings (SSSR count). The normalized spacial score (nSPS) is 11.4. The highest BCUT2D eigenvalue weighted by molar-refractivity contribution is 5.93. The molecule has 2 heterocycles. The molecule has 0 unspecified atom stereocenters. The number of nitrogens with one attached hydrogen (secondary N) is 1. The molecule has 0 spiro atoms. The van der Waals surface area contributed by atoms with Crippen molar-refractivity contribution in [1.82, 2.24) is 20.2 Å². The summed E-state index contributed by atoms with van der Waals surface area (Å²) < 4.78 is 39.2. The monoisotopic (exact) mass is 285 g/mol. The van der Waals surface area contributed by atoms with Crippen LogP contribution in [0.25, 0.3) is 5.82 Å². The van der Waals surface area contributed by atoms with Crippen molar-refractivity contribution in [1.29, 1.82) is 0 Å². The molecule has 0 atom stereocenters. The van der Waals surface area contributed by atoms with E-state index >= 15 is 0 Å². The summed E-state index contributed by atoms with van der Waals surface area (Å²) in [7, 11) is 0. The van der Waals surface area contributed by atoms with Crippen molar-refractivity contribution < 1.29 is 18.0 Å². The molecule has 0 bridgehead atoms. The van der Waals surface area contributed by atoms with E-state index < -0.39 is 17.8 Å². The summed E-state index contributed by atoms with van der Waals surface area (Å²) in [6.45, 7) is 1.45. The number of aromatic nitrogens is 3. The van der Waals surface area contributed by atoms with E-state index in [-0.39, 0.29) is 17.1 Å². The second-order valence-electron chi connectivity index (χ2n) is 3.96. The largest absolute Gasteiger partial charge is 0.433 e. The minimum Gasteiger partial charge on any atom is -0.290 e. The Kier molecular flexibility index (Phi) is 3.45. The van der Waals surface area contributed by atoms with Gasteiger partial charge in [-0.3, -0.25) is 10.2 Å². The Hall–Kier alpha value is -2.42. The zero-order chi connectivity index (χ0) is 14.9. The van der Waals surface area contributed by atoms with Gasteiger partial charge in [-0.15, -0.1) is 0 Å². The van der Waals surface area contributed by atoms with Crippen molar-refractivity contribution in [2.45, 2.75) is 13.1 Å². The Morgan fingerprint density at radius 2 is 2.10 bits per heavy atom. The predicted molar refractivity (Wildman–Crippen MR) is 62.8 cm³/mol. The lowest BCUT2D eigenvalue weighted by Gasteiger charge is -2.09. The van der Waals surface area contributed by atoms with Crippen LogP contribution in [0, 0.1) is 6.92 Å². The molecule has 0 aliphatic heterocycles. The summed E-state index contributed by atoms with van der Waals surface area (Å²) in [4.78, 5) is 15.0. The topological polar surface area (TPSA) is 85.8 Å². The molecule has 0 aromatic carbocycles. The fourth-order valence-electron chi connectivity index (χ4n) is 1.61. The number of hydrogen-bond donors (Lipinski definition) is 2. The Bertz CT molecular complexity index is 632. The fraction of sp³-hybridized carbons (Fsp3) is 0.182. The lowest BCUT2D eigenvalue weighted by Crippen LogP contribution is -2.30. The van der Waals surface area contributed by atoms with Gasteiger partial charge in [0.2, 0.25) is 0 Å². The molecule has 0 radical (unpaired) electrons. The Labute approximate surface area is 111 Å². The van der Waals surface area contributed by atoms with E-state index in [0.29, 0.717) is 4.68 Å². The molecule has 9 heteroatoms. The first-order valence-electron chi connectivity index (χ1n) is 5.44. The van der Waals surface area contributed by atoms with E-state index in [1.54, 1.807) is 0 Å². The van der Waals surface area contributed by atoms with Crippen molar-refractivity contribution >= 4 is 5.91 Å². The summed E-state index contributed by atoms with van der Waals surface area (Å²) in [5, 5.41) is 3.75. The lowest BCUT2D eigenvalue weighted by molar-refractivity contribution is -0.142. The highest BCUT2D eigenvalue weighted by Gasteiger charge is 2.36. The van der Waals surface area contributed by atoms with Crippen LogP contribution in [-0.2, 0) is 6.18 Å². The molecule has 6 nitrogen and oxygen atoms in total. The Balaban J connectivity index is 2.45. The number of hydrazine groups is 1. The summed E-state index contributed by atoms with van der Waals surface area (Å²) in [6.07, 6.45) is -3.43. The summed E-state index contributed by atoms with van der Waals surface area (Å²) in [5.74, 6) is 4.32. The van der Waals surface area contributed by atoms with E-state index in [1.807, 2.05) is 5.43 Å². The smallest absolute Gasteiger partial charge is 0.290 e. The first-order chi connectivity index (χ1) is 9.32. The Morgan fingerprint density at radius 3 is 2.60 bits per heavy atom. The zero-order valence-electron chi connectivity index (χ0n) is 10.3. The van der Waals surface area contributed by atoms with Gasteiger partial charge in [0.15, 0.2) is 5.82 Å². The number of rotatable bonds is 2. The van der Waals surface area contributed by atoms with Crippen molar-refractivity contribution in [2.75, 3.05) is 0 Å². The van der Waals surface area contributed by atoms with Gasteiger partial charge in [0, 0.05) is 6.20 Å². The number of pyridine rings is 1. The van der Waals surface area contributed by atoms with Gasteiger partial charge in [0.1, 0.15) is 5.69 Å². The van der Waals surface area contributed by atoms with Gasteiger partial charge < -0.3 is 0 Å². The quantitative estimate of drug-likeness (QED) is 0.493. The van der Waals surface area contributed by atoms with Crippen LogP contribution in [0.4, 0.5) is 13.2 Å². The Morgan fingerprint density at radius 1 is 1.40 bits per heavy atom. The second-order valence-corrected chi connectivity index (χ2v) is 3.96. The van der Waals surface area contributed by atoms with Crippen LogP contribution < -0.4 is 11.3 Å². The van der Waals surface area contributed by atoms with E-state index in [4.69, 9.17) is 5.84 Å². The first-order valence-corrected chi connectivity index (χ1v) is 5.44. The zero-order valence-corrected chi connectivity index (χ0v) is 10.3. The predicted octanol–water partition coefficient (Wildman–Crippen LogP) is 1.20. The molecule has 0 aliphatic rings. The van der Waals surface area contributed by atoms with Gasteiger partial charge in [-0.1, -0.05) is 0 Å². The van der Waals surface area contributed by atoms with Crippen LogP contribution in [-0.4, -0.2) is 20.7 Å². The summed E-state index contributed by atoms with van der Waals surface area (Å²) in [5.41, 5.74) is 1.31. The van der Waals surface area contributed by atoms with E-state index in [0.717, 1.165) is 12.3 Å². The third-order valence-electron chi connectivity index (χ3n) is 2.48. The number of alkyl halides is 3. The number of nitrogens with zero attached hydrogens (tertiary/aromatic N) is 3. The molecule has 3 N–H and O–H groups in total. The number of carbonyl (C=O) groups is 1. The molecule has 106 valence electrons. The minimum atomic E-state index is -4.55. The van der Waals surface area contributed by atoms with Crippen molar-refractivity contribution in [3.05, 3.63) is 41.3 Å². The second kappa shape index (κ2) is 4.93. The van der Waals surface area contributed by atoms with Crippen LogP contribution in [0.5, 0.6) is 0 Å². The molecule has 1 amide bonds. The van der Waals surface area contributed by atoms with Gasteiger partial charge >= 0.3 is 6.18 Å². The van der Waals surface area contributed by atoms with E-state index in [9.17, 15) is 18.0 Å². The van der Waals surface area contributed by atoms with Crippen molar-refractivity contribution in [3.8, 4) is 5.82 Å². The van der Waals surface area contributed by atoms with Gasteiger partial charge in [-0.05, 0) is 25.1 Å². The average molecular weight is 285 g/mol. The van der Waals surface area contributed by atoms with E-state index in [2.05, 4.69) is 10.1 Å². The van der Waals surface area contributed by atoms with Gasteiger partial charge in [0.05, 0.1) is 11.3 Å². The SMILES string of the molecule is Cc1cc(C(F)(F)F)n(-c2ccc(C(=O)NN)cn2)n1. The molecule has 2 aromatic rings. The molecule has 2 aromatic heterocycles. The molecular weight excluding hydrogens is 275 g/mol. The maximum absolute atomic E-state index is 12.8. The van der Waals surface area contributed by atoms with Gasteiger partial charge in [-0.2, -0.15) is 18.3 Å². The van der Waals surface area contributed by atoms with Crippen molar-refractivity contribution in [2.24, 2.45) is 5.84 Å². The highest BCUT2D eigenvalue weighted by atomic mass is 19.4. The number of nitrogens with two attached hydrogens (primary N) is 1. The summed E-state index contributed by atoms with van der Waals surface area (Å²) in [6, 6.07) is 3.48. The van der Waals surface area contributed by atoms with Crippen LogP contribution in [0.3, 0.4) is 0 Å². The standard InChI is InChI=1S/C11H10F3N5O/c1-6-4-8(11(12,13)14)19(18-6)9-3-2-7(5-16-9)10(20)17-15/h2-5H,15H2,1H3,(H,17,20). The van der Waals surface area contributed by atoms with Gasteiger partial charge in [0.25, 0.3) is 5.91 Å². The van der Waals surface area contributed by atoms with Crippen LogP contribution in [0.1, 0.15) is 21.7 Å². The number of hydrogen-bond acceptors (Lipinski definition) is 4. The van der Waals surface area contributed by atoms with Crippen LogP contribution >= 0.6 is 0 Å². The van der Waals surface area contributed by atoms with Crippen molar-refractivity contribution in [3.63, 3.8) is 0 Å². The first kappa shape index (κ1) is 14.0. The highest BCUT2D eigenvalue weighted by Crippen LogP contribution is 2.31. The number of halogens is 3. The number of carbonyl (C=O) groups excluding carboxylic acids is 1. The maximum Gasteiger partial charge on any atom is 0.433 e. The van der Waals surface area contributed by atoms with Gasteiger partial charge in [-0.25, -0.2) is 15.5 Å². The minimum absolute atomic E-state index is 0.0426. The molecule has 0 aliphatic carbocycles. The van der Waals surface area contributed by atoms with E-state index in [1.165, 1.54) is 19.1 Å². The molecule has 0 saturated carbocycles. The third-order valence-corrected chi connectivity index (χ3v) is 2.48. The number of amides is 1. The maximum atomic E-state index is 12.8. The fourth-order valence-corrected chi connectivity index (χ4v) is 1.61. The molecule has 0 saturated heterocycles.